The third kappa shape index (κ3) is 2.63. The molecular weight excluding hydrogens is 340 g/mol. The molecular formula is C22H18N2OS. The Morgan fingerprint density at radius 1 is 0.962 bits per heavy atom. The maximum atomic E-state index is 6.27. The van der Waals surface area contributed by atoms with Gasteiger partial charge < -0.3 is 9.64 Å². The molecule has 26 heavy (non-hydrogen) atoms. The van der Waals surface area contributed by atoms with E-state index in [2.05, 4.69) is 83.2 Å². The van der Waals surface area contributed by atoms with Crippen molar-refractivity contribution in [2.75, 3.05) is 0 Å². The summed E-state index contributed by atoms with van der Waals surface area (Å²) in [4.78, 5) is 8.33. The first-order valence-corrected chi connectivity index (χ1v) is 9.60. The van der Waals surface area contributed by atoms with Crippen LogP contribution < -0.4 is 0 Å². The Morgan fingerprint density at radius 2 is 1.81 bits per heavy atom. The molecule has 2 aliphatic heterocycles. The number of hydrogen-bond donors (Lipinski definition) is 0. The smallest absolute Gasteiger partial charge is 0.193 e. The van der Waals surface area contributed by atoms with Crippen LogP contribution in [0.25, 0.3) is 6.08 Å². The van der Waals surface area contributed by atoms with Crippen molar-refractivity contribution >= 4 is 23.6 Å². The molecule has 4 heteroatoms. The van der Waals surface area contributed by atoms with Gasteiger partial charge in [-0.25, -0.2) is 0 Å². The molecule has 2 unspecified atom stereocenters. The van der Waals surface area contributed by atoms with Gasteiger partial charge in [-0.2, -0.15) is 0 Å². The highest BCUT2D eigenvalue weighted by Gasteiger charge is 2.38. The molecule has 3 aromatic rings. The zero-order valence-corrected chi connectivity index (χ0v) is 15.0. The van der Waals surface area contributed by atoms with E-state index in [4.69, 9.17) is 9.73 Å². The van der Waals surface area contributed by atoms with E-state index in [0.717, 1.165) is 5.88 Å². The van der Waals surface area contributed by atoms with Gasteiger partial charge in [-0.1, -0.05) is 60.7 Å². The van der Waals surface area contributed by atoms with E-state index >= 15 is 0 Å². The number of hydrogen-bond acceptors (Lipinski definition) is 4. The molecule has 0 aliphatic carbocycles. The fourth-order valence-corrected chi connectivity index (χ4v) is 4.21. The molecule has 0 radical (unpaired) electrons. The van der Waals surface area contributed by atoms with E-state index in [-0.39, 0.29) is 12.2 Å². The van der Waals surface area contributed by atoms with Crippen LogP contribution in [0.5, 0.6) is 0 Å². The van der Waals surface area contributed by atoms with Gasteiger partial charge in [0.25, 0.3) is 0 Å². The highest BCUT2D eigenvalue weighted by Crippen LogP contribution is 2.44. The third-order valence-corrected chi connectivity index (χ3v) is 5.67. The van der Waals surface area contributed by atoms with Crippen LogP contribution in [-0.2, 0) is 11.3 Å². The molecule has 3 heterocycles. The van der Waals surface area contributed by atoms with Crippen LogP contribution >= 0.6 is 11.3 Å². The molecule has 0 fully saturated rings. The summed E-state index contributed by atoms with van der Waals surface area (Å²) in [6.45, 7) is 0.580. The van der Waals surface area contributed by atoms with Gasteiger partial charge >= 0.3 is 0 Å². The van der Waals surface area contributed by atoms with Gasteiger partial charge in [-0.15, -0.1) is 11.3 Å². The zero-order chi connectivity index (χ0) is 17.3. The maximum Gasteiger partial charge on any atom is 0.193 e. The summed E-state index contributed by atoms with van der Waals surface area (Å²) in [6, 6.07) is 23.2. The van der Waals surface area contributed by atoms with Crippen LogP contribution in [0, 0.1) is 0 Å². The van der Waals surface area contributed by atoms with Crippen molar-refractivity contribution in [2.45, 2.75) is 18.8 Å². The molecule has 0 spiro atoms. The van der Waals surface area contributed by atoms with Gasteiger partial charge in [0.1, 0.15) is 12.8 Å². The predicted molar refractivity (Wildman–Crippen MR) is 106 cm³/mol. The quantitative estimate of drug-likeness (QED) is 0.623. The average Bonchev–Trinajstić information content (AvgIpc) is 3.37. The Labute approximate surface area is 156 Å². The molecule has 1 aromatic heterocycles. The summed E-state index contributed by atoms with van der Waals surface area (Å²) in [6.07, 6.45) is 4.14. The summed E-state index contributed by atoms with van der Waals surface area (Å²) in [5.41, 5.74) is 3.66. The second kappa shape index (κ2) is 6.46. The SMILES string of the molecule is C1=NC(c2ccccc2)N2C(OCc3cccs3)=Cc3ccccc3C12. The largest absolute Gasteiger partial charge is 0.473 e. The predicted octanol–water partition coefficient (Wildman–Crippen LogP) is 5.40. The molecule has 2 aromatic carbocycles. The van der Waals surface area contributed by atoms with E-state index in [1.807, 2.05) is 6.07 Å². The van der Waals surface area contributed by atoms with E-state index in [9.17, 15) is 0 Å². The lowest BCUT2D eigenvalue weighted by atomic mass is 9.96. The second-order valence-corrected chi connectivity index (χ2v) is 7.45. The van der Waals surface area contributed by atoms with Crippen LogP contribution in [0.3, 0.4) is 0 Å². The topological polar surface area (TPSA) is 24.8 Å². The molecule has 128 valence electrons. The first-order valence-electron chi connectivity index (χ1n) is 8.72. The van der Waals surface area contributed by atoms with Gasteiger partial charge in [-0.3, -0.25) is 4.99 Å². The Morgan fingerprint density at radius 3 is 2.65 bits per heavy atom. The van der Waals surface area contributed by atoms with Gasteiger partial charge in [0, 0.05) is 17.2 Å². The minimum Gasteiger partial charge on any atom is -0.473 e. The molecule has 0 amide bonds. The van der Waals surface area contributed by atoms with Gasteiger partial charge in [0.05, 0.1) is 6.04 Å². The lowest BCUT2D eigenvalue weighted by Gasteiger charge is -2.36. The Hall–Kier alpha value is -2.85. The number of ether oxygens (including phenoxy) is 1. The van der Waals surface area contributed by atoms with Crippen LogP contribution in [0.15, 0.2) is 83.0 Å². The third-order valence-electron chi connectivity index (χ3n) is 4.82. The normalized spacial score (nSPS) is 20.5. The molecule has 3 nitrogen and oxygen atoms in total. The summed E-state index contributed by atoms with van der Waals surface area (Å²) in [7, 11) is 0. The van der Waals surface area contributed by atoms with Crippen LogP contribution in [0.4, 0.5) is 0 Å². The molecule has 2 atom stereocenters. The summed E-state index contributed by atoms with van der Waals surface area (Å²) < 4.78 is 6.27. The van der Waals surface area contributed by atoms with E-state index < -0.39 is 0 Å². The molecule has 0 saturated carbocycles. The highest BCUT2D eigenvalue weighted by atomic mass is 32.1. The van der Waals surface area contributed by atoms with Crippen LogP contribution in [0.1, 0.15) is 33.8 Å². The minimum absolute atomic E-state index is 0.0517. The Kier molecular flexibility index (Phi) is 3.83. The Bertz CT molecular complexity index is 963. The summed E-state index contributed by atoms with van der Waals surface area (Å²) in [5, 5.41) is 2.08. The number of thiophene rings is 1. The first-order chi connectivity index (χ1) is 12.9. The molecule has 0 N–H and O–H groups in total. The van der Waals surface area contributed by atoms with Crippen molar-refractivity contribution < 1.29 is 4.74 Å². The van der Waals surface area contributed by atoms with Crippen LogP contribution in [0.2, 0.25) is 0 Å². The highest BCUT2D eigenvalue weighted by molar-refractivity contribution is 7.09. The lowest BCUT2D eigenvalue weighted by Crippen LogP contribution is -2.31. The maximum absolute atomic E-state index is 6.27. The van der Waals surface area contributed by atoms with Gasteiger partial charge in [0.2, 0.25) is 0 Å². The molecule has 0 bridgehead atoms. The van der Waals surface area contributed by atoms with Crippen molar-refractivity contribution in [1.29, 1.82) is 0 Å². The number of aliphatic imine (C=N–C) groups is 1. The molecule has 0 saturated heterocycles. The number of rotatable bonds is 4. The van der Waals surface area contributed by atoms with Gasteiger partial charge in [-0.05, 0) is 28.1 Å². The fraction of sp³-hybridized carbons (Fsp3) is 0.136. The van der Waals surface area contributed by atoms with Crippen molar-refractivity contribution in [1.82, 2.24) is 4.90 Å². The van der Waals surface area contributed by atoms with E-state index in [1.165, 1.54) is 21.6 Å². The van der Waals surface area contributed by atoms with Crippen molar-refractivity contribution in [3.8, 4) is 0 Å². The summed E-state index contributed by atoms with van der Waals surface area (Å²) >= 11 is 1.72. The first kappa shape index (κ1) is 15.4. The van der Waals surface area contributed by atoms with Crippen molar-refractivity contribution in [2.24, 2.45) is 4.99 Å². The number of fused-ring (bicyclic) bond motifs is 3. The average molecular weight is 358 g/mol. The van der Waals surface area contributed by atoms with Crippen molar-refractivity contribution in [3.05, 3.63) is 99.6 Å². The van der Waals surface area contributed by atoms with Crippen molar-refractivity contribution in [3.63, 3.8) is 0 Å². The fourth-order valence-electron chi connectivity index (χ4n) is 3.59. The Balaban J connectivity index is 1.53. The molecule has 5 rings (SSSR count). The molecule has 2 aliphatic rings. The van der Waals surface area contributed by atoms with Crippen LogP contribution in [-0.4, -0.2) is 11.1 Å². The second-order valence-electron chi connectivity index (χ2n) is 6.41. The lowest BCUT2D eigenvalue weighted by molar-refractivity contribution is 0.0764. The van der Waals surface area contributed by atoms with Gasteiger partial charge in [0.15, 0.2) is 5.88 Å². The number of nitrogens with zero attached hydrogens (tertiary/aromatic N) is 2. The van der Waals surface area contributed by atoms with E-state index in [0.29, 0.717) is 6.61 Å². The van der Waals surface area contributed by atoms with E-state index in [1.54, 1.807) is 11.3 Å². The summed E-state index contributed by atoms with van der Waals surface area (Å²) in [5.74, 6) is 0.883. The zero-order valence-electron chi connectivity index (χ0n) is 14.2. The monoisotopic (exact) mass is 358 g/mol. The standard InChI is InChI=1S/C22H18N2OS/c1-2-7-16(8-3-1)22-23-14-20-19-11-5-4-9-17(19)13-21(24(20)22)25-15-18-10-6-12-26-18/h1-14,20,22H,15H2. The number of benzene rings is 2. The minimum atomic E-state index is -0.0517.